The van der Waals surface area contributed by atoms with E-state index < -0.39 is 97.5 Å². The topological polar surface area (TPSA) is 237 Å². The van der Waals surface area contributed by atoms with Gasteiger partial charge in [-0.1, -0.05) is 446 Å². The molecule has 0 aliphatic carbocycles. The van der Waals surface area contributed by atoms with Gasteiger partial charge in [-0.3, -0.25) is 37.3 Å². The first-order valence-corrected chi connectivity index (χ1v) is 50.6. The molecule has 0 aliphatic heterocycles. The largest absolute Gasteiger partial charge is 0.472 e. The van der Waals surface area contributed by atoms with Crippen LogP contribution >= 0.6 is 15.6 Å². The molecule has 19 heteroatoms. The van der Waals surface area contributed by atoms with E-state index in [-0.39, 0.29) is 25.7 Å². The number of phosphoric ester groups is 2. The van der Waals surface area contributed by atoms with Gasteiger partial charge >= 0.3 is 39.5 Å². The Hall–Kier alpha value is -1.94. The first kappa shape index (κ1) is 109. The Morgan fingerprint density at radius 2 is 0.432 bits per heavy atom. The van der Waals surface area contributed by atoms with Crippen LogP contribution in [0, 0.1) is 11.8 Å². The minimum atomic E-state index is -4.97. The summed E-state index contributed by atoms with van der Waals surface area (Å²) < 4.78 is 69.1. The van der Waals surface area contributed by atoms with Gasteiger partial charge in [-0.2, -0.15) is 0 Å². The van der Waals surface area contributed by atoms with Crippen molar-refractivity contribution in [3.8, 4) is 0 Å². The van der Waals surface area contributed by atoms with Crippen LogP contribution < -0.4 is 0 Å². The predicted octanol–water partition coefficient (Wildman–Crippen LogP) is 28.6. The zero-order valence-corrected chi connectivity index (χ0v) is 75.1. The highest BCUT2D eigenvalue weighted by Crippen LogP contribution is 2.45. The van der Waals surface area contributed by atoms with Crippen molar-refractivity contribution < 1.29 is 80.2 Å². The fourth-order valence-electron chi connectivity index (χ4n) is 14.4. The number of aliphatic hydroxyl groups excluding tert-OH is 1. The van der Waals surface area contributed by atoms with Gasteiger partial charge in [0.15, 0.2) is 12.2 Å². The molecular formula is C92H180O17P2. The van der Waals surface area contributed by atoms with Crippen LogP contribution in [0.1, 0.15) is 497 Å². The van der Waals surface area contributed by atoms with E-state index in [1.165, 1.54) is 308 Å². The summed E-state index contributed by atoms with van der Waals surface area (Å²) in [6.45, 7) is 9.73. The van der Waals surface area contributed by atoms with E-state index in [9.17, 15) is 43.2 Å². The molecule has 660 valence electrons. The van der Waals surface area contributed by atoms with E-state index in [4.69, 9.17) is 37.0 Å². The number of hydrogen-bond acceptors (Lipinski definition) is 15. The highest BCUT2D eigenvalue weighted by molar-refractivity contribution is 7.47. The molecule has 7 atom stereocenters. The lowest BCUT2D eigenvalue weighted by atomic mass is 9.99. The lowest BCUT2D eigenvalue weighted by Gasteiger charge is -2.21. The van der Waals surface area contributed by atoms with Crippen molar-refractivity contribution in [3.05, 3.63) is 0 Å². The van der Waals surface area contributed by atoms with Crippen LogP contribution in [0.25, 0.3) is 0 Å². The second-order valence-corrected chi connectivity index (χ2v) is 36.4. The van der Waals surface area contributed by atoms with Gasteiger partial charge in [0.1, 0.15) is 19.3 Å². The maximum atomic E-state index is 13.2. The number of hydrogen-bond donors (Lipinski definition) is 3. The van der Waals surface area contributed by atoms with Crippen LogP contribution in [0.15, 0.2) is 0 Å². The number of unbranched alkanes of at least 4 members (excludes halogenated alkanes) is 59. The Kier molecular flexibility index (Phi) is 81.7. The highest BCUT2D eigenvalue weighted by atomic mass is 31.2. The maximum absolute atomic E-state index is 13.2. The van der Waals surface area contributed by atoms with Crippen LogP contribution in [0.4, 0.5) is 0 Å². The summed E-state index contributed by atoms with van der Waals surface area (Å²) >= 11 is 0. The van der Waals surface area contributed by atoms with Gasteiger partial charge in [0.25, 0.3) is 0 Å². The van der Waals surface area contributed by atoms with Gasteiger partial charge in [-0.05, 0) is 37.5 Å². The fraction of sp³-hybridized carbons (Fsp3) is 0.957. The molecule has 0 aliphatic rings. The molecule has 0 aromatic rings. The maximum Gasteiger partial charge on any atom is 0.472 e. The van der Waals surface area contributed by atoms with E-state index in [0.29, 0.717) is 25.7 Å². The van der Waals surface area contributed by atoms with Crippen molar-refractivity contribution in [2.75, 3.05) is 39.6 Å². The van der Waals surface area contributed by atoms with Crippen molar-refractivity contribution in [2.24, 2.45) is 11.8 Å². The van der Waals surface area contributed by atoms with Crippen molar-refractivity contribution in [1.29, 1.82) is 0 Å². The minimum absolute atomic E-state index is 0.108. The first-order valence-electron chi connectivity index (χ1n) is 47.6. The molecule has 0 saturated heterocycles. The van der Waals surface area contributed by atoms with Gasteiger partial charge in [0, 0.05) is 25.7 Å². The Bertz CT molecular complexity index is 2120. The third kappa shape index (κ3) is 82.9. The van der Waals surface area contributed by atoms with Gasteiger partial charge in [-0.15, -0.1) is 0 Å². The summed E-state index contributed by atoms with van der Waals surface area (Å²) in [6.07, 6.45) is 78.0. The number of esters is 4. The van der Waals surface area contributed by atoms with Gasteiger partial charge in [-0.25, -0.2) is 9.13 Å². The Balaban J connectivity index is 5.21. The first-order chi connectivity index (χ1) is 53.9. The van der Waals surface area contributed by atoms with Crippen molar-refractivity contribution in [3.63, 3.8) is 0 Å². The number of ether oxygens (including phenoxy) is 4. The molecule has 111 heavy (non-hydrogen) atoms. The third-order valence-electron chi connectivity index (χ3n) is 22.4. The molecule has 0 heterocycles. The average molecular weight is 1620 g/mol. The quantitative estimate of drug-likeness (QED) is 0.0222. The highest BCUT2D eigenvalue weighted by Gasteiger charge is 2.31. The summed E-state index contributed by atoms with van der Waals surface area (Å²) in [5.74, 6) is -0.496. The van der Waals surface area contributed by atoms with Crippen molar-refractivity contribution >= 4 is 39.5 Å². The van der Waals surface area contributed by atoms with Crippen LogP contribution in [0.3, 0.4) is 0 Å². The summed E-state index contributed by atoms with van der Waals surface area (Å²) in [6, 6.07) is 0. The second kappa shape index (κ2) is 83.1. The number of rotatable bonds is 91. The minimum Gasteiger partial charge on any atom is -0.462 e. The SMILES string of the molecule is CCCCCCCCCCCCCCCCCCCCCCCCC(=O)OC[C@H](COP(=O)(O)OC[C@@H](O)COP(=O)(O)OC[C@@H](COC(=O)CCCCCCCCC(C)CC)OC(=O)CCCCCCCCCCCCCCCCCCC)OC(=O)CCCCCCCCCCCCCCCCCCCCC(C)CC. The lowest BCUT2D eigenvalue weighted by molar-refractivity contribution is -0.161. The molecular weight excluding hydrogens is 1440 g/mol. The molecule has 0 bridgehead atoms. The van der Waals surface area contributed by atoms with Crippen molar-refractivity contribution in [2.45, 2.75) is 516 Å². The zero-order valence-electron chi connectivity index (χ0n) is 73.3. The average Bonchev–Trinajstić information content (AvgIpc) is 0.900. The molecule has 0 spiro atoms. The Labute approximate surface area is 683 Å². The monoisotopic (exact) mass is 1620 g/mol. The molecule has 4 unspecified atom stereocenters. The third-order valence-corrected chi connectivity index (χ3v) is 24.3. The molecule has 3 N–H and O–H groups in total. The second-order valence-electron chi connectivity index (χ2n) is 33.5. The predicted molar refractivity (Wildman–Crippen MR) is 460 cm³/mol. The number of carbonyl (C=O) groups excluding carboxylic acids is 4. The molecule has 0 amide bonds. The molecule has 0 fully saturated rings. The van der Waals surface area contributed by atoms with E-state index in [0.717, 1.165) is 108 Å². The molecule has 17 nitrogen and oxygen atoms in total. The standard InChI is InChI=1S/C92H180O17P2/c1-7-11-13-15-17-19-21-23-25-27-28-29-30-31-36-39-43-47-51-55-62-68-74-89(94)102-80-87(108-91(96)76-70-65-57-53-49-45-41-37-33-32-35-38-42-46-50-54-60-66-72-84(5)9-3)82-106-110(98,99)104-78-86(93)79-105-111(100,101)107-83-88(81-103-90(95)75-69-63-59-58-61-67-73-85(6)10-4)109-92(97)77-71-64-56-52-48-44-40-34-26-24-22-20-18-16-14-12-8-2/h84-88,93H,7-83H2,1-6H3,(H,98,99)(H,100,101)/t84?,85?,86-,87-,88-/m1/s1. The van der Waals surface area contributed by atoms with Crippen LogP contribution in [-0.2, 0) is 65.4 Å². The van der Waals surface area contributed by atoms with Crippen LogP contribution in [-0.4, -0.2) is 96.7 Å². The Morgan fingerprint density at radius 1 is 0.252 bits per heavy atom. The molecule has 0 saturated carbocycles. The van der Waals surface area contributed by atoms with Crippen LogP contribution in [0.5, 0.6) is 0 Å². The molecule has 0 rings (SSSR count). The summed E-state index contributed by atoms with van der Waals surface area (Å²) in [5.41, 5.74) is 0. The Morgan fingerprint density at radius 3 is 0.640 bits per heavy atom. The number of aliphatic hydroxyl groups is 1. The smallest absolute Gasteiger partial charge is 0.462 e. The normalized spacial score (nSPS) is 14.2. The van der Waals surface area contributed by atoms with Crippen molar-refractivity contribution in [1.82, 2.24) is 0 Å². The summed E-state index contributed by atoms with van der Waals surface area (Å²) in [5, 5.41) is 10.7. The van der Waals surface area contributed by atoms with Gasteiger partial charge in [0.2, 0.25) is 0 Å². The van der Waals surface area contributed by atoms with E-state index >= 15 is 0 Å². The molecule has 0 aromatic carbocycles. The molecule has 0 aromatic heterocycles. The van der Waals surface area contributed by atoms with E-state index in [1.807, 2.05) is 0 Å². The summed E-state index contributed by atoms with van der Waals surface area (Å²) in [7, 11) is -9.94. The lowest BCUT2D eigenvalue weighted by Crippen LogP contribution is -2.30. The number of carbonyl (C=O) groups is 4. The van der Waals surface area contributed by atoms with Gasteiger partial charge in [0.05, 0.1) is 26.4 Å². The van der Waals surface area contributed by atoms with E-state index in [1.54, 1.807) is 0 Å². The van der Waals surface area contributed by atoms with Crippen LogP contribution in [0.2, 0.25) is 0 Å². The number of phosphoric acid groups is 2. The zero-order chi connectivity index (χ0) is 81.3. The fourth-order valence-corrected chi connectivity index (χ4v) is 16.0. The van der Waals surface area contributed by atoms with Gasteiger partial charge < -0.3 is 33.8 Å². The summed E-state index contributed by atoms with van der Waals surface area (Å²) in [4.78, 5) is 73.4. The molecule has 0 radical (unpaired) electrons. The van der Waals surface area contributed by atoms with E-state index in [2.05, 4.69) is 41.5 Å².